The lowest BCUT2D eigenvalue weighted by Crippen LogP contribution is -2.15. The predicted octanol–water partition coefficient (Wildman–Crippen LogP) is 2.45. The molecule has 0 radical (unpaired) electrons. The van der Waals surface area contributed by atoms with Crippen molar-refractivity contribution in [3.63, 3.8) is 0 Å². The van der Waals surface area contributed by atoms with E-state index in [1.165, 1.54) is 12.8 Å². The lowest BCUT2D eigenvalue weighted by Gasteiger charge is -2.02. The quantitative estimate of drug-likeness (QED) is 0.513. The first-order chi connectivity index (χ1) is 8.68. The van der Waals surface area contributed by atoms with Gasteiger partial charge in [-0.15, -0.1) is 3.63 Å². The van der Waals surface area contributed by atoms with E-state index in [4.69, 9.17) is 4.55 Å². The van der Waals surface area contributed by atoms with E-state index in [-0.39, 0.29) is 6.61 Å². The number of hydrogen-bond acceptors (Lipinski definition) is 6. The fourth-order valence-corrected chi connectivity index (χ4v) is 2.14. The van der Waals surface area contributed by atoms with Crippen molar-refractivity contribution >= 4 is 20.8 Å². The molecule has 0 amide bonds. The third-order valence-electron chi connectivity index (χ3n) is 1.89. The van der Waals surface area contributed by atoms with Gasteiger partial charge in [-0.1, -0.05) is 52.9 Å². The zero-order chi connectivity index (χ0) is 15.4. The molecule has 0 spiro atoms. The summed E-state index contributed by atoms with van der Waals surface area (Å²) in [7, 11) is -9.71. The molecular formula is C10H24O7S2. The van der Waals surface area contributed by atoms with Gasteiger partial charge in [-0.05, 0) is 6.42 Å². The zero-order valence-corrected chi connectivity index (χ0v) is 13.3. The van der Waals surface area contributed by atoms with Gasteiger partial charge in [-0.3, -0.25) is 4.55 Å². The Morgan fingerprint density at radius 3 is 1.74 bits per heavy atom. The van der Waals surface area contributed by atoms with Crippen molar-refractivity contribution in [1.29, 1.82) is 0 Å². The predicted molar refractivity (Wildman–Crippen MR) is 72.2 cm³/mol. The molecule has 19 heavy (non-hydrogen) atoms. The SMILES string of the molecule is CCCC.CCCCCCOS(=O)(=O)OS(=O)(=O)O. The van der Waals surface area contributed by atoms with Gasteiger partial charge in [0.2, 0.25) is 0 Å². The Morgan fingerprint density at radius 2 is 1.37 bits per heavy atom. The van der Waals surface area contributed by atoms with Crippen LogP contribution in [-0.4, -0.2) is 28.0 Å². The highest BCUT2D eigenvalue weighted by Gasteiger charge is 2.20. The molecule has 0 aliphatic heterocycles. The van der Waals surface area contributed by atoms with E-state index >= 15 is 0 Å². The molecule has 0 aliphatic carbocycles. The summed E-state index contributed by atoms with van der Waals surface area (Å²) in [5.41, 5.74) is 0. The summed E-state index contributed by atoms with van der Waals surface area (Å²) >= 11 is 0. The van der Waals surface area contributed by atoms with E-state index in [0.717, 1.165) is 19.3 Å². The van der Waals surface area contributed by atoms with E-state index in [1.54, 1.807) is 0 Å². The molecule has 0 rings (SSSR count). The summed E-state index contributed by atoms with van der Waals surface area (Å²) in [4.78, 5) is 0. The van der Waals surface area contributed by atoms with Crippen LogP contribution in [0.5, 0.6) is 0 Å². The molecule has 118 valence electrons. The number of hydrogen-bond donors (Lipinski definition) is 1. The maximum absolute atomic E-state index is 10.7. The molecule has 0 unspecified atom stereocenters. The average Bonchev–Trinajstić information content (AvgIpc) is 2.26. The van der Waals surface area contributed by atoms with Crippen LogP contribution in [0.2, 0.25) is 0 Å². The van der Waals surface area contributed by atoms with Crippen LogP contribution in [0.4, 0.5) is 0 Å². The second-order valence-electron chi connectivity index (χ2n) is 3.79. The lowest BCUT2D eigenvalue weighted by molar-refractivity contribution is 0.258. The Balaban J connectivity index is 0. The van der Waals surface area contributed by atoms with E-state index in [9.17, 15) is 16.8 Å². The van der Waals surface area contributed by atoms with Gasteiger partial charge in [0.25, 0.3) is 0 Å². The van der Waals surface area contributed by atoms with Crippen molar-refractivity contribution < 1.29 is 29.2 Å². The van der Waals surface area contributed by atoms with Gasteiger partial charge in [0.1, 0.15) is 0 Å². The fraction of sp³-hybridized carbons (Fsp3) is 1.00. The van der Waals surface area contributed by atoms with Gasteiger partial charge in [0, 0.05) is 0 Å². The zero-order valence-electron chi connectivity index (χ0n) is 11.7. The van der Waals surface area contributed by atoms with Crippen LogP contribution in [0.3, 0.4) is 0 Å². The fourth-order valence-electron chi connectivity index (χ4n) is 0.815. The van der Waals surface area contributed by atoms with Crippen LogP contribution in [0.25, 0.3) is 0 Å². The highest BCUT2D eigenvalue weighted by Crippen LogP contribution is 2.04. The van der Waals surface area contributed by atoms with Gasteiger partial charge in [-0.25, -0.2) is 4.18 Å². The van der Waals surface area contributed by atoms with Crippen molar-refractivity contribution in [3.8, 4) is 0 Å². The maximum atomic E-state index is 10.7. The van der Waals surface area contributed by atoms with Crippen molar-refractivity contribution in [2.24, 2.45) is 0 Å². The second-order valence-corrected chi connectivity index (χ2v) is 6.24. The van der Waals surface area contributed by atoms with Crippen LogP contribution in [0.1, 0.15) is 59.3 Å². The highest BCUT2D eigenvalue weighted by atomic mass is 32.3. The molecule has 0 aromatic carbocycles. The molecule has 0 aliphatic rings. The Morgan fingerprint density at radius 1 is 0.842 bits per heavy atom. The van der Waals surface area contributed by atoms with E-state index in [1.807, 2.05) is 6.92 Å². The third-order valence-corrected chi connectivity index (χ3v) is 3.70. The molecule has 0 fully saturated rings. The van der Waals surface area contributed by atoms with Gasteiger partial charge >= 0.3 is 20.8 Å². The summed E-state index contributed by atoms with van der Waals surface area (Å²) in [5, 5.41) is 0. The summed E-state index contributed by atoms with van der Waals surface area (Å²) in [5.74, 6) is 0. The van der Waals surface area contributed by atoms with E-state index < -0.39 is 20.8 Å². The topological polar surface area (TPSA) is 107 Å². The van der Waals surface area contributed by atoms with Crippen molar-refractivity contribution in [3.05, 3.63) is 0 Å². The molecular weight excluding hydrogens is 296 g/mol. The molecule has 7 nitrogen and oxygen atoms in total. The van der Waals surface area contributed by atoms with Gasteiger partial charge in [-0.2, -0.15) is 16.8 Å². The summed E-state index contributed by atoms with van der Waals surface area (Å²) in [6.07, 6.45) is 5.80. The van der Waals surface area contributed by atoms with E-state index in [2.05, 4.69) is 21.7 Å². The van der Waals surface area contributed by atoms with Gasteiger partial charge in [0.05, 0.1) is 6.61 Å². The third kappa shape index (κ3) is 20.3. The number of rotatable bonds is 9. The minimum Gasteiger partial charge on any atom is -0.263 e. The Labute approximate surface area is 116 Å². The first-order valence-corrected chi connectivity index (χ1v) is 8.96. The van der Waals surface area contributed by atoms with Crippen LogP contribution in [0.15, 0.2) is 0 Å². The highest BCUT2D eigenvalue weighted by molar-refractivity contribution is 7.94. The average molecular weight is 320 g/mol. The molecule has 0 saturated heterocycles. The minimum atomic E-state index is -5.04. The normalized spacial score (nSPS) is 11.8. The Hall–Kier alpha value is -0.220. The Kier molecular flexibility index (Phi) is 12.9. The van der Waals surface area contributed by atoms with Crippen LogP contribution in [-0.2, 0) is 28.6 Å². The molecule has 9 heteroatoms. The second kappa shape index (κ2) is 11.6. The van der Waals surface area contributed by atoms with Crippen molar-refractivity contribution in [1.82, 2.24) is 0 Å². The molecule has 0 heterocycles. The Bertz CT molecular complexity index is 384. The van der Waals surface area contributed by atoms with Crippen LogP contribution >= 0.6 is 0 Å². The minimum absolute atomic E-state index is 0.169. The smallest absolute Gasteiger partial charge is 0.263 e. The molecule has 0 bridgehead atoms. The van der Waals surface area contributed by atoms with Crippen LogP contribution in [0, 0.1) is 0 Å². The molecule has 0 atom stereocenters. The number of unbranched alkanes of at least 4 members (excludes halogenated alkanes) is 4. The van der Waals surface area contributed by atoms with Crippen molar-refractivity contribution in [2.75, 3.05) is 6.61 Å². The molecule has 0 saturated carbocycles. The van der Waals surface area contributed by atoms with Crippen LogP contribution < -0.4 is 0 Å². The molecule has 1 N–H and O–H groups in total. The summed E-state index contributed by atoms with van der Waals surface area (Å²) < 4.78 is 57.1. The standard InChI is InChI=1S/C6H14O7S2.C4H10/c1-2-3-4-5-6-12-15(10,11)13-14(7,8)9;1-3-4-2/h2-6H2,1H3,(H,7,8,9);3-4H2,1-2H3. The van der Waals surface area contributed by atoms with Crippen molar-refractivity contribution in [2.45, 2.75) is 59.3 Å². The molecule has 0 aromatic rings. The maximum Gasteiger partial charge on any atom is 0.416 e. The summed E-state index contributed by atoms with van der Waals surface area (Å²) in [6.45, 7) is 6.18. The van der Waals surface area contributed by atoms with E-state index in [0.29, 0.717) is 6.42 Å². The lowest BCUT2D eigenvalue weighted by atomic mass is 10.2. The molecule has 0 aromatic heterocycles. The first-order valence-electron chi connectivity index (χ1n) is 6.26. The summed E-state index contributed by atoms with van der Waals surface area (Å²) in [6, 6.07) is 0. The monoisotopic (exact) mass is 320 g/mol. The van der Waals surface area contributed by atoms with Gasteiger partial charge in [0.15, 0.2) is 0 Å². The van der Waals surface area contributed by atoms with Gasteiger partial charge < -0.3 is 0 Å². The first kappa shape index (κ1) is 21.1. The largest absolute Gasteiger partial charge is 0.416 e.